The number of Topliss-reactive ketones (excluding diaryl/α,β-unsaturated/α-hetero) is 1. The maximum atomic E-state index is 14.7. The Morgan fingerprint density at radius 1 is 0.880 bits per heavy atom. The van der Waals surface area contributed by atoms with E-state index in [1.165, 1.54) is 28.9 Å². The number of aliphatic hydroxyl groups is 1. The Labute approximate surface area is 427 Å². The summed E-state index contributed by atoms with van der Waals surface area (Å²) in [5, 5.41) is 40.5. The van der Waals surface area contributed by atoms with E-state index >= 15 is 0 Å². The summed E-state index contributed by atoms with van der Waals surface area (Å²) in [6.07, 6.45) is 1.77. The molecule has 3 aliphatic heterocycles. The molecule has 2 saturated heterocycles. The van der Waals surface area contributed by atoms with Crippen molar-refractivity contribution in [2.75, 3.05) is 32.7 Å². The van der Waals surface area contributed by atoms with Crippen LogP contribution in [0.4, 0.5) is 8.78 Å². The number of hydrogen-bond donors (Lipinski definition) is 10. The van der Waals surface area contributed by atoms with E-state index in [9.17, 15) is 72.0 Å². The molecule has 0 spiro atoms. The second kappa shape index (κ2) is 24.9. The van der Waals surface area contributed by atoms with Crippen LogP contribution < -0.4 is 38.5 Å². The van der Waals surface area contributed by atoms with Crippen LogP contribution in [-0.2, 0) is 43.1 Å². The number of halogens is 2. The van der Waals surface area contributed by atoms with Crippen molar-refractivity contribution in [3.05, 3.63) is 76.1 Å². The Bertz CT molecular complexity index is 2660. The predicted octanol–water partition coefficient (Wildman–Crippen LogP) is -0.886. The number of likely N-dealkylation sites (tertiary alicyclic amines) is 2. The second-order valence-corrected chi connectivity index (χ2v) is 18.6. The molecule has 3 heterocycles. The van der Waals surface area contributed by atoms with E-state index in [-0.39, 0.29) is 92.3 Å². The fourth-order valence-electron chi connectivity index (χ4n) is 9.67. The SMILES string of the molecule is CC(O)[C@H](NC(=O)CNC(=O)c1ccc(C2=C3C=C(F)C(=O)C=C3OC3CC(=O)C(F)=CC23)c(C(=O)O)c1)C(=O)N[C@@H](CCCCN)C(=O)N1CCC[C@H]1C(=O)N1CCC[C@H]1C(=O)N[C@@H](CCCN=C(N)N)C(=O)O. The molecule has 2 aliphatic carbocycles. The van der Waals surface area contributed by atoms with Crippen LogP contribution in [0.1, 0.15) is 97.4 Å². The van der Waals surface area contributed by atoms with Crippen molar-refractivity contribution in [3.8, 4) is 0 Å². The quantitative estimate of drug-likeness (QED) is 0.0383. The number of carboxylic acid groups (broad SMARTS) is 2. The lowest BCUT2D eigenvalue weighted by Gasteiger charge is -2.38. The molecule has 75 heavy (non-hydrogen) atoms. The maximum absolute atomic E-state index is 14.7. The van der Waals surface area contributed by atoms with Gasteiger partial charge in [0.2, 0.25) is 35.3 Å². The van der Waals surface area contributed by atoms with Crippen LogP contribution in [0, 0.1) is 5.92 Å². The number of fused-ring (bicyclic) bond motifs is 2. The van der Waals surface area contributed by atoms with E-state index in [2.05, 4.69) is 26.3 Å². The highest BCUT2D eigenvalue weighted by atomic mass is 19.1. The fourth-order valence-corrected chi connectivity index (χ4v) is 9.67. The largest absolute Gasteiger partial charge is 0.488 e. The predicted molar refractivity (Wildman–Crippen MR) is 260 cm³/mol. The number of ether oxygens (including phenoxy) is 1. The van der Waals surface area contributed by atoms with Gasteiger partial charge < -0.3 is 68.3 Å². The van der Waals surface area contributed by atoms with Crippen molar-refractivity contribution in [1.29, 1.82) is 0 Å². The molecule has 1 aromatic rings. The maximum Gasteiger partial charge on any atom is 0.336 e. The summed E-state index contributed by atoms with van der Waals surface area (Å²) in [5.41, 5.74) is 15.4. The van der Waals surface area contributed by atoms with Gasteiger partial charge in [0, 0.05) is 42.8 Å². The van der Waals surface area contributed by atoms with Gasteiger partial charge in [-0.15, -0.1) is 0 Å². The standard InChI is InChI=1S/C49H60F2N10O14/c1-23(62)41(59-39(65)22-56-42(66)24-11-12-25(26(17-24)47(71)72)40-27-18-29(50)35(63)20-37(27)75-38-21-36(64)30(51)19-28(38)40)44(68)57-31(7-2-3-13-52)45(69)61-16-6-10-34(61)46(70)60-15-5-9-33(60)43(67)58-32(48(73)74)8-4-14-55-49(53)54/h11-12,17-20,23,28,31-34,38,41,62H,2-10,13-16,21-22,52H2,1H3,(H,56,66)(H,57,68)(H,58,67)(H,59,65)(H,71,72)(H,73,74)(H4,53,54,55)/t23?,28?,31-,32-,33-,34-,38?,41-/m0/s1. The first kappa shape index (κ1) is 56.4. The van der Waals surface area contributed by atoms with Crippen LogP contribution in [0.25, 0.3) is 5.57 Å². The number of nitrogens with one attached hydrogen (secondary N) is 4. The number of carboxylic acids is 2. The number of aliphatic carboxylic acids is 1. The molecule has 24 nitrogen and oxygen atoms in total. The number of hydrogen-bond acceptors (Lipinski definition) is 14. The summed E-state index contributed by atoms with van der Waals surface area (Å²) in [4.78, 5) is 138. The van der Waals surface area contributed by atoms with E-state index in [4.69, 9.17) is 21.9 Å². The zero-order valence-electron chi connectivity index (χ0n) is 40.9. The fraction of sp³-hybridized carbons (Fsp3) is 0.490. The summed E-state index contributed by atoms with van der Waals surface area (Å²) in [6.45, 7) is 1.02. The number of allylic oxidation sites excluding steroid dienone is 4. The van der Waals surface area contributed by atoms with Crippen molar-refractivity contribution in [2.24, 2.45) is 28.1 Å². The van der Waals surface area contributed by atoms with Crippen molar-refractivity contribution in [1.82, 2.24) is 31.1 Å². The second-order valence-electron chi connectivity index (χ2n) is 18.6. The van der Waals surface area contributed by atoms with Crippen LogP contribution in [0.15, 0.2) is 64.4 Å². The van der Waals surface area contributed by atoms with Gasteiger partial charge in [-0.1, -0.05) is 6.07 Å². The number of ketones is 2. The minimum absolute atomic E-state index is 0.00618. The van der Waals surface area contributed by atoms with Crippen molar-refractivity contribution in [3.63, 3.8) is 0 Å². The molecule has 13 N–H and O–H groups in total. The highest BCUT2D eigenvalue weighted by Gasteiger charge is 2.45. The molecule has 26 heteroatoms. The number of benzene rings is 1. The van der Waals surface area contributed by atoms with Crippen LogP contribution in [0.3, 0.4) is 0 Å². The summed E-state index contributed by atoms with van der Waals surface area (Å²) in [7, 11) is 0. The third-order valence-electron chi connectivity index (χ3n) is 13.4. The lowest BCUT2D eigenvalue weighted by Crippen LogP contribution is -2.60. The van der Waals surface area contributed by atoms with Gasteiger partial charge in [0.05, 0.1) is 24.6 Å². The molecular weight excluding hydrogens is 991 g/mol. The molecule has 0 radical (unpaired) electrons. The average Bonchev–Trinajstić information content (AvgIpc) is 4.07. The first-order valence-electron chi connectivity index (χ1n) is 24.4. The van der Waals surface area contributed by atoms with Gasteiger partial charge in [-0.05, 0) is 107 Å². The zero-order valence-corrected chi connectivity index (χ0v) is 40.9. The molecule has 1 aromatic carbocycles. The third kappa shape index (κ3) is 13.5. The number of amides is 6. The van der Waals surface area contributed by atoms with E-state index in [1.807, 2.05) is 0 Å². The van der Waals surface area contributed by atoms with Crippen molar-refractivity contribution < 1.29 is 76.8 Å². The number of carbonyl (C=O) groups excluding carboxylic acids is 8. The lowest BCUT2D eigenvalue weighted by molar-refractivity contribution is -0.149. The topological polar surface area (TPSA) is 386 Å². The number of unbranched alkanes of at least 4 members (excludes halogenated alkanes) is 1. The molecule has 6 amide bonds. The number of guanidine groups is 1. The molecule has 0 saturated carbocycles. The van der Waals surface area contributed by atoms with Crippen LogP contribution >= 0.6 is 0 Å². The van der Waals surface area contributed by atoms with Gasteiger partial charge in [-0.25, -0.2) is 18.4 Å². The van der Waals surface area contributed by atoms with Gasteiger partial charge in [0.15, 0.2) is 23.4 Å². The molecule has 5 aliphatic rings. The summed E-state index contributed by atoms with van der Waals surface area (Å²) >= 11 is 0. The van der Waals surface area contributed by atoms with Crippen molar-refractivity contribution in [2.45, 2.75) is 114 Å². The Balaban J connectivity index is 1.11. The number of rotatable bonds is 22. The summed E-state index contributed by atoms with van der Waals surface area (Å²) in [5.74, 6) is -13.5. The third-order valence-corrected chi connectivity index (χ3v) is 13.4. The molecular formula is C49H60F2N10O14. The van der Waals surface area contributed by atoms with Crippen LogP contribution in [0.2, 0.25) is 0 Å². The van der Waals surface area contributed by atoms with E-state index in [0.717, 1.165) is 24.3 Å². The van der Waals surface area contributed by atoms with Gasteiger partial charge in [0.25, 0.3) is 5.91 Å². The number of carbonyl (C=O) groups is 10. The van der Waals surface area contributed by atoms with Gasteiger partial charge in [0.1, 0.15) is 42.1 Å². The molecule has 404 valence electrons. The molecule has 3 unspecified atom stereocenters. The Hall–Kier alpha value is -7.87. The molecule has 0 aromatic heterocycles. The number of nitrogens with zero attached hydrogens (tertiary/aromatic N) is 3. The monoisotopic (exact) mass is 1050 g/mol. The minimum Gasteiger partial charge on any atom is -0.488 e. The Morgan fingerprint density at radius 3 is 2.24 bits per heavy atom. The van der Waals surface area contributed by atoms with Crippen molar-refractivity contribution >= 4 is 70.5 Å². The Kier molecular flexibility index (Phi) is 18.7. The normalized spacial score (nSPS) is 21.6. The lowest BCUT2D eigenvalue weighted by atomic mass is 9.75. The minimum atomic E-state index is -1.70. The first-order valence-corrected chi connectivity index (χ1v) is 24.4. The zero-order chi connectivity index (χ0) is 54.8. The summed E-state index contributed by atoms with van der Waals surface area (Å²) < 4.78 is 35.2. The smallest absolute Gasteiger partial charge is 0.336 e. The van der Waals surface area contributed by atoms with Gasteiger partial charge >= 0.3 is 11.9 Å². The van der Waals surface area contributed by atoms with E-state index < -0.39 is 137 Å². The highest BCUT2D eigenvalue weighted by molar-refractivity contribution is 6.08. The first-order chi connectivity index (χ1) is 35.6. The van der Waals surface area contributed by atoms with Crippen LogP contribution in [-0.4, -0.2) is 165 Å². The summed E-state index contributed by atoms with van der Waals surface area (Å²) in [6, 6.07) is -3.03. The molecule has 6 rings (SSSR count). The number of aliphatic hydroxyl groups excluding tert-OH is 1. The number of nitrogens with two attached hydrogens (primary N) is 3. The van der Waals surface area contributed by atoms with Gasteiger partial charge in [-0.2, -0.15) is 0 Å². The molecule has 2 fully saturated rings. The molecule has 0 bridgehead atoms. The number of aliphatic imine (C=N–C) groups is 1. The van der Waals surface area contributed by atoms with Gasteiger partial charge in [-0.3, -0.25) is 43.3 Å². The van der Waals surface area contributed by atoms with E-state index in [1.54, 1.807) is 0 Å². The average molecular weight is 1050 g/mol. The van der Waals surface area contributed by atoms with Crippen LogP contribution in [0.5, 0.6) is 0 Å². The van der Waals surface area contributed by atoms with E-state index in [0.29, 0.717) is 25.7 Å². The number of aromatic carboxylic acids is 1. The molecule has 8 atom stereocenters. The highest BCUT2D eigenvalue weighted by Crippen LogP contribution is 2.47. The Morgan fingerprint density at radius 2 is 1.57 bits per heavy atom.